The largest absolute Gasteiger partial charge is 0.455 e. The lowest BCUT2D eigenvalue weighted by atomic mass is 10.1. The molecule has 0 radical (unpaired) electrons. The number of carbonyl (C=O) groups is 2. The van der Waals surface area contributed by atoms with Gasteiger partial charge in [-0.1, -0.05) is 35.9 Å². The average Bonchev–Trinajstić information content (AvgIpc) is 2.61. The fraction of sp³-hybridized carbons (Fsp3) is 0.167. The number of carbonyl (C=O) groups excluding carboxylic acids is 2. The van der Waals surface area contributed by atoms with Crippen molar-refractivity contribution in [2.24, 2.45) is 0 Å². The Bertz CT molecular complexity index is 788. The topological polar surface area (TPSA) is 79.2 Å². The summed E-state index contributed by atoms with van der Waals surface area (Å²) in [6, 6.07) is 16.0. The van der Waals surface area contributed by atoms with Crippen LogP contribution in [0.25, 0.3) is 0 Å². The molecule has 1 amide bonds. The molecule has 7 heteroatoms. The molecule has 0 aliphatic carbocycles. The molecule has 0 spiro atoms. The van der Waals surface area contributed by atoms with Crippen molar-refractivity contribution < 1.29 is 14.3 Å². The summed E-state index contributed by atoms with van der Waals surface area (Å²) in [6.45, 7) is -0.371. The summed E-state index contributed by atoms with van der Waals surface area (Å²) in [6.07, 6.45) is 0.0685. The molecule has 0 unspecified atom stereocenters. The summed E-state index contributed by atoms with van der Waals surface area (Å²) >= 11 is 7.11. The number of halogens is 1. The molecule has 0 aliphatic heterocycles. The number of esters is 1. The number of nitriles is 1. The van der Waals surface area contributed by atoms with Gasteiger partial charge in [0.2, 0.25) is 0 Å². The van der Waals surface area contributed by atoms with Crippen molar-refractivity contribution in [1.82, 2.24) is 0 Å². The SMILES string of the molecule is N#CCSc1ccccc1NC(=O)COC(=O)Cc1ccc(Cl)cc1. The van der Waals surface area contributed by atoms with Crippen molar-refractivity contribution in [2.75, 3.05) is 17.7 Å². The number of amides is 1. The van der Waals surface area contributed by atoms with Crippen molar-refractivity contribution in [1.29, 1.82) is 5.26 Å². The van der Waals surface area contributed by atoms with E-state index in [9.17, 15) is 9.59 Å². The van der Waals surface area contributed by atoms with E-state index < -0.39 is 11.9 Å². The molecule has 0 bridgehead atoms. The standard InChI is InChI=1S/C18H15ClN2O3S/c19-14-7-5-13(6-8-14)11-18(23)24-12-17(22)21-15-3-1-2-4-16(15)25-10-9-20/h1-8H,10-12H2,(H,21,22). The first-order valence-electron chi connectivity index (χ1n) is 7.37. The van der Waals surface area contributed by atoms with Gasteiger partial charge in [0, 0.05) is 9.92 Å². The number of thioether (sulfide) groups is 1. The van der Waals surface area contributed by atoms with Crippen molar-refractivity contribution in [3.8, 4) is 6.07 Å². The van der Waals surface area contributed by atoms with Gasteiger partial charge in [-0.15, -0.1) is 11.8 Å². The van der Waals surface area contributed by atoms with Gasteiger partial charge in [-0.3, -0.25) is 9.59 Å². The van der Waals surface area contributed by atoms with Gasteiger partial charge in [0.15, 0.2) is 6.61 Å². The Morgan fingerprint density at radius 2 is 1.88 bits per heavy atom. The molecule has 25 heavy (non-hydrogen) atoms. The van der Waals surface area contributed by atoms with Gasteiger partial charge in [-0.25, -0.2) is 0 Å². The van der Waals surface area contributed by atoms with Crippen LogP contribution >= 0.6 is 23.4 Å². The van der Waals surface area contributed by atoms with Gasteiger partial charge in [-0.05, 0) is 29.8 Å². The maximum absolute atomic E-state index is 12.0. The van der Waals surface area contributed by atoms with E-state index in [1.54, 1.807) is 36.4 Å². The number of anilines is 1. The van der Waals surface area contributed by atoms with Gasteiger partial charge < -0.3 is 10.1 Å². The minimum atomic E-state index is -0.496. The van der Waals surface area contributed by atoms with E-state index in [1.165, 1.54) is 11.8 Å². The van der Waals surface area contributed by atoms with E-state index in [0.717, 1.165) is 10.5 Å². The molecular formula is C18H15ClN2O3S. The number of ether oxygens (including phenoxy) is 1. The molecule has 0 saturated heterocycles. The van der Waals surface area contributed by atoms with Gasteiger partial charge in [0.05, 0.1) is 23.9 Å². The molecule has 5 nitrogen and oxygen atoms in total. The summed E-state index contributed by atoms with van der Waals surface area (Å²) in [5, 5.41) is 11.9. The fourth-order valence-electron chi connectivity index (χ4n) is 1.96. The Morgan fingerprint density at radius 3 is 2.60 bits per heavy atom. The van der Waals surface area contributed by atoms with E-state index in [-0.39, 0.29) is 18.8 Å². The Kier molecular flexibility index (Phi) is 7.33. The molecule has 1 N–H and O–H groups in total. The van der Waals surface area contributed by atoms with E-state index >= 15 is 0 Å². The Labute approximate surface area is 154 Å². The van der Waals surface area contributed by atoms with Gasteiger partial charge in [0.1, 0.15) is 0 Å². The van der Waals surface area contributed by atoms with Crippen LogP contribution in [0.1, 0.15) is 5.56 Å². The second-order valence-corrected chi connectivity index (χ2v) is 6.41. The van der Waals surface area contributed by atoms with Crippen LogP contribution in [0.15, 0.2) is 53.4 Å². The molecule has 0 fully saturated rings. The minimum absolute atomic E-state index is 0.0685. The van der Waals surface area contributed by atoms with Crippen LogP contribution in [0.3, 0.4) is 0 Å². The van der Waals surface area contributed by atoms with Gasteiger partial charge in [-0.2, -0.15) is 5.26 Å². The summed E-state index contributed by atoms with van der Waals surface area (Å²) in [5.74, 6) is -0.651. The second-order valence-electron chi connectivity index (χ2n) is 4.96. The number of nitrogens with one attached hydrogen (secondary N) is 1. The molecule has 0 atom stereocenters. The molecule has 0 aliphatic rings. The minimum Gasteiger partial charge on any atom is -0.455 e. The van der Waals surface area contributed by atoms with Gasteiger partial charge in [0.25, 0.3) is 5.91 Å². The lowest BCUT2D eigenvalue weighted by Gasteiger charge is -2.10. The zero-order valence-corrected chi connectivity index (χ0v) is 14.8. The molecule has 2 rings (SSSR count). The second kappa shape index (κ2) is 9.72. The highest BCUT2D eigenvalue weighted by atomic mass is 35.5. The Hall–Kier alpha value is -2.49. The molecule has 0 saturated carbocycles. The van der Waals surface area contributed by atoms with Crippen molar-refractivity contribution in [3.05, 3.63) is 59.1 Å². The predicted octanol–water partition coefficient (Wildman–Crippen LogP) is 3.68. The van der Waals surface area contributed by atoms with Crippen LogP contribution in [0, 0.1) is 11.3 Å². The summed E-state index contributed by atoms with van der Waals surface area (Å²) in [7, 11) is 0. The summed E-state index contributed by atoms with van der Waals surface area (Å²) in [4.78, 5) is 24.5. The third kappa shape index (κ3) is 6.49. The Balaban J connectivity index is 1.83. The molecule has 2 aromatic carbocycles. The number of hydrogen-bond donors (Lipinski definition) is 1. The van der Waals surface area contributed by atoms with Crippen molar-refractivity contribution >= 4 is 40.9 Å². The Morgan fingerprint density at radius 1 is 1.16 bits per heavy atom. The van der Waals surface area contributed by atoms with Crippen LogP contribution in [0.4, 0.5) is 5.69 Å². The first kappa shape index (κ1) is 18.8. The van der Waals surface area contributed by atoms with E-state index in [4.69, 9.17) is 21.6 Å². The average molecular weight is 375 g/mol. The van der Waals surface area contributed by atoms with Crippen LogP contribution in [0.2, 0.25) is 5.02 Å². The predicted molar refractivity (Wildman–Crippen MR) is 97.5 cm³/mol. The molecule has 128 valence electrons. The van der Waals surface area contributed by atoms with Crippen molar-refractivity contribution in [2.45, 2.75) is 11.3 Å². The number of hydrogen-bond acceptors (Lipinski definition) is 5. The van der Waals surface area contributed by atoms with Crippen LogP contribution in [-0.2, 0) is 20.7 Å². The highest BCUT2D eigenvalue weighted by Crippen LogP contribution is 2.26. The molecule has 2 aromatic rings. The highest BCUT2D eigenvalue weighted by molar-refractivity contribution is 7.99. The van der Waals surface area contributed by atoms with Gasteiger partial charge >= 0.3 is 5.97 Å². The monoisotopic (exact) mass is 374 g/mol. The van der Waals surface area contributed by atoms with E-state index in [2.05, 4.69) is 5.32 Å². The summed E-state index contributed by atoms with van der Waals surface area (Å²) in [5.41, 5.74) is 1.34. The van der Waals surface area contributed by atoms with Crippen molar-refractivity contribution in [3.63, 3.8) is 0 Å². The quantitative estimate of drug-likeness (QED) is 0.590. The first-order chi connectivity index (χ1) is 12.1. The third-order valence-electron chi connectivity index (χ3n) is 3.08. The van der Waals surface area contributed by atoms with E-state index in [1.807, 2.05) is 18.2 Å². The normalized spacial score (nSPS) is 9.92. The van der Waals surface area contributed by atoms with E-state index in [0.29, 0.717) is 10.7 Å². The summed E-state index contributed by atoms with van der Waals surface area (Å²) < 4.78 is 4.99. The first-order valence-corrected chi connectivity index (χ1v) is 8.73. The lowest BCUT2D eigenvalue weighted by molar-refractivity contribution is -0.146. The molecule has 0 heterocycles. The molecule has 0 aromatic heterocycles. The number of benzene rings is 2. The van der Waals surface area contributed by atoms with Crippen LogP contribution in [-0.4, -0.2) is 24.2 Å². The number of para-hydroxylation sites is 1. The highest BCUT2D eigenvalue weighted by Gasteiger charge is 2.11. The zero-order chi connectivity index (χ0) is 18.1. The maximum Gasteiger partial charge on any atom is 0.310 e. The lowest BCUT2D eigenvalue weighted by Crippen LogP contribution is -2.21. The van der Waals surface area contributed by atoms with Crippen LogP contribution < -0.4 is 5.32 Å². The smallest absolute Gasteiger partial charge is 0.310 e. The number of nitrogens with zero attached hydrogens (tertiary/aromatic N) is 1. The fourth-order valence-corrected chi connectivity index (χ4v) is 2.75. The molecular weight excluding hydrogens is 360 g/mol. The number of rotatable bonds is 7. The van der Waals surface area contributed by atoms with Crippen LogP contribution in [0.5, 0.6) is 0 Å². The third-order valence-corrected chi connectivity index (χ3v) is 4.27. The maximum atomic E-state index is 12.0. The zero-order valence-electron chi connectivity index (χ0n) is 13.2.